The van der Waals surface area contributed by atoms with Gasteiger partial charge in [0, 0.05) is 11.0 Å². The summed E-state index contributed by atoms with van der Waals surface area (Å²) < 4.78 is 12.7. The monoisotopic (exact) mass is 204 g/mol. The van der Waals surface area contributed by atoms with E-state index in [1.54, 1.807) is 0 Å². The Bertz CT molecular complexity index is 447. The molecule has 1 saturated carbocycles. The van der Waals surface area contributed by atoms with Crippen LogP contribution < -0.4 is 5.30 Å². The van der Waals surface area contributed by atoms with Crippen LogP contribution in [0.2, 0.25) is 0 Å². The Balaban J connectivity index is 2.12. The Kier molecular flexibility index (Phi) is 1.58. The van der Waals surface area contributed by atoms with Gasteiger partial charge in [-0.15, -0.1) is 0 Å². The highest BCUT2D eigenvalue weighted by Crippen LogP contribution is 2.71. The third-order valence-corrected chi connectivity index (χ3v) is 6.84. The minimum Gasteiger partial charge on any atom is -0.314 e. The van der Waals surface area contributed by atoms with Crippen molar-refractivity contribution in [3.8, 4) is 0 Å². The highest BCUT2D eigenvalue weighted by Gasteiger charge is 2.55. The summed E-state index contributed by atoms with van der Waals surface area (Å²) in [7, 11) is -2.16. The molecule has 2 aliphatic rings. The van der Waals surface area contributed by atoms with Crippen LogP contribution in [0.1, 0.15) is 13.3 Å². The van der Waals surface area contributed by atoms with Gasteiger partial charge < -0.3 is 4.57 Å². The largest absolute Gasteiger partial charge is 0.314 e. The number of rotatable bonds is 1. The van der Waals surface area contributed by atoms with Gasteiger partial charge in [-0.2, -0.15) is 0 Å². The summed E-state index contributed by atoms with van der Waals surface area (Å²) in [6, 6.07) is 9.95. The molecule has 1 aromatic rings. The van der Waals surface area contributed by atoms with E-state index in [1.165, 1.54) is 5.57 Å². The summed E-state index contributed by atoms with van der Waals surface area (Å²) in [6.45, 7) is 2.12. The van der Waals surface area contributed by atoms with Crippen LogP contribution in [0.3, 0.4) is 0 Å². The molecule has 14 heavy (non-hydrogen) atoms. The second-order valence-corrected chi connectivity index (χ2v) is 7.18. The summed E-state index contributed by atoms with van der Waals surface area (Å²) >= 11 is 0. The zero-order valence-electron chi connectivity index (χ0n) is 8.18. The lowest BCUT2D eigenvalue weighted by Crippen LogP contribution is -2.04. The van der Waals surface area contributed by atoms with E-state index in [9.17, 15) is 4.57 Å². The molecule has 0 spiro atoms. The first-order chi connectivity index (χ1) is 6.72. The van der Waals surface area contributed by atoms with Crippen molar-refractivity contribution in [2.75, 3.05) is 0 Å². The fourth-order valence-electron chi connectivity index (χ4n) is 2.52. The van der Waals surface area contributed by atoms with E-state index in [0.717, 1.165) is 11.7 Å². The van der Waals surface area contributed by atoms with Crippen molar-refractivity contribution in [3.63, 3.8) is 0 Å². The topological polar surface area (TPSA) is 17.1 Å². The fourth-order valence-corrected chi connectivity index (χ4v) is 5.98. The van der Waals surface area contributed by atoms with E-state index in [4.69, 9.17) is 0 Å². The third kappa shape index (κ3) is 0.994. The molecule has 0 aromatic heterocycles. The van der Waals surface area contributed by atoms with E-state index < -0.39 is 7.14 Å². The van der Waals surface area contributed by atoms with E-state index in [2.05, 4.69) is 6.92 Å². The van der Waals surface area contributed by atoms with Crippen molar-refractivity contribution in [1.29, 1.82) is 0 Å². The molecular formula is C12H13OP. The number of fused-ring (bicyclic) bond motifs is 1. The lowest BCUT2D eigenvalue weighted by atomic mass is 10.2. The minimum atomic E-state index is -2.16. The molecule has 0 saturated heterocycles. The molecular weight excluding hydrogens is 191 g/mol. The predicted molar refractivity (Wildman–Crippen MR) is 59.3 cm³/mol. The summed E-state index contributed by atoms with van der Waals surface area (Å²) in [5, 5.41) is 1.05. The molecule has 3 unspecified atom stereocenters. The number of allylic oxidation sites excluding steroid dienone is 1. The summed E-state index contributed by atoms with van der Waals surface area (Å²) in [5.41, 5.74) is 1.80. The Morgan fingerprint density at radius 3 is 2.50 bits per heavy atom. The Hall–Kier alpha value is -0.810. The molecule has 1 nitrogen and oxygen atoms in total. The van der Waals surface area contributed by atoms with Crippen LogP contribution in [-0.4, -0.2) is 5.66 Å². The first-order valence-electron chi connectivity index (χ1n) is 5.06. The normalized spacial score (nSPS) is 39.1. The summed E-state index contributed by atoms with van der Waals surface area (Å²) in [5.74, 6) is 2.68. The maximum absolute atomic E-state index is 12.7. The second kappa shape index (κ2) is 2.61. The van der Waals surface area contributed by atoms with Gasteiger partial charge in [0.2, 0.25) is 0 Å². The summed E-state index contributed by atoms with van der Waals surface area (Å²) in [4.78, 5) is 0. The SMILES string of the molecule is CC1=CP(=O)(c2ccccc2)C2CC12. The Morgan fingerprint density at radius 2 is 2.00 bits per heavy atom. The van der Waals surface area contributed by atoms with Crippen LogP contribution in [-0.2, 0) is 4.57 Å². The smallest absolute Gasteiger partial charge is 0.139 e. The van der Waals surface area contributed by atoms with Crippen LogP contribution in [0.4, 0.5) is 0 Å². The van der Waals surface area contributed by atoms with Crippen molar-refractivity contribution >= 4 is 12.4 Å². The Labute approximate surface area is 84.2 Å². The van der Waals surface area contributed by atoms with Crippen LogP contribution in [0.5, 0.6) is 0 Å². The van der Waals surface area contributed by atoms with Crippen LogP contribution in [0.25, 0.3) is 0 Å². The minimum absolute atomic E-state index is 0.449. The predicted octanol–water partition coefficient (Wildman–Crippen LogP) is 2.98. The lowest BCUT2D eigenvalue weighted by molar-refractivity contribution is 0.586. The van der Waals surface area contributed by atoms with Crippen LogP contribution >= 0.6 is 7.14 Å². The lowest BCUT2D eigenvalue weighted by Gasteiger charge is -2.10. The van der Waals surface area contributed by atoms with Gasteiger partial charge in [-0.3, -0.25) is 0 Å². The first-order valence-corrected chi connectivity index (χ1v) is 6.91. The number of hydrogen-bond acceptors (Lipinski definition) is 1. The molecule has 0 bridgehead atoms. The van der Waals surface area contributed by atoms with E-state index in [0.29, 0.717) is 11.6 Å². The van der Waals surface area contributed by atoms with Crippen molar-refractivity contribution in [1.82, 2.24) is 0 Å². The molecule has 1 aliphatic heterocycles. The number of hydrogen-bond donors (Lipinski definition) is 0. The first kappa shape index (κ1) is 8.49. The molecule has 0 amide bonds. The molecule has 1 aromatic carbocycles. The zero-order valence-corrected chi connectivity index (χ0v) is 9.08. The van der Waals surface area contributed by atoms with E-state index >= 15 is 0 Å². The molecule has 2 heteroatoms. The van der Waals surface area contributed by atoms with Gasteiger partial charge in [0.25, 0.3) is 0 Å². The third-order valence-electron chi connectivity index (χ3n) is 3.39. The van der Waals surface area contributed by atoms with Crippen molar-refractivity contribution in [2.24, 2.45) is 5.92 Å². The van der Waals surface area contributed by atoms with Crippen molar-refractivity contribution < 1.29 is 4.57 Å². The highest BCUT2D eigenvalue weighted by molar-refractivity contribution is 7.75. The van der Waals surface area contributed by atoms with Crippen molar-refractivity contribution in [3.05, 3.63) is 41.7 Å². The van der Waals surface area contributed by atoms with Crippen molar-refractivity contribution in [2.45, 2.75) is 19.0 Å². The van der Waals surface area contributed by atoms with Gasteiger partial charge in [-0.1, -0.05) is 35.9 Å². The second-order valence-electron chi connectivity index (χ2n) is 4.33. The van der Waals surface area contributed by atoms with Crippen LogP contribution in [0, 0.1) is 5.92 Å². The van der Waals surface area contributed by atoms with Gasteiger partial charge in [0.15, 0.2) is 0 Å². The summed E-state index contributed by atoms with van der Waals surface area (Å²) in [6.07, 6.45) is 1.15. The molecule has 3 rings (SSSR count). The van der Waals surface area contributed by atoms with Crippen LogP contribution in [0.15, 0.2) is 41.7 Å². The van der Waals surface area contributed by atoms with Gasteiger partial charge in [0.05, 0.1) is 0 Å². The van der Waals surface area contributed by atoms with E-state index in [1.807, 2.05) is 36.1 Å². The molecule has 1 fully saturated rings. The van der Waals surface area contributed by atoms with Gasteiger partial charge in [-0.25, -0.2) is 0 Å². The number of benzene rings is 1. The molecule has 0 N–H and O–H groups in total. The van der Waals surface area contributed by atoms with Gasteiger partial charge in [0.1, 0.15) is 7.14 Å². The standard InChI is InChI=1S/C12H13OP/c1-9-8-14(13,12-7-11(9)12)10-5-3-2-4-6-10/h2-6,8,11-12H,7H2,1H3. The average Bonchev–Trinajstić information content (AvgIpc) is 2.94. The van der Waals surface area contributed by atoms with Gasteiger partial charge >= 0.3 is 0 Å². The zero-order chi connectivity index (χ0) is 9.76. The van der Waals surface area contributed by atoms with Gasteiger partial charge in [-0.05, 0) is 25.1 Å². The molecule has 0 radical (unpaired) electrons. The highest BCUT2D eigenvalue weighted by atomic mass is 31.2. The quantitative estimate of drug-likeness (QED) is 0.643. The maximum atomic E-state index is 12.7. The molecule has 3 atom stereocenters. The molecule has 1 aliphatic carbocycles. The maximum Gasteiger partial charge on any atom is 0.139 e. The Morgan fingerprint density at radius 1 is 1.29 bits per heavy atom. The average molecular weight is 204 g/mol. The molecule has 1 heterocycles. The van der Waals surface area contributed by atoms with E-state index in [-0.39, 0.29) is 0 Å². The molecule has 72 valence electrons. The fraction of sp³-hybridized carbons (Fsp3) is 0.333.